The molecule has 1 aliphatic heterocycles. The van der Waals surface area contributed by atoms with Gasteiger partial charge in [0.1, 0.15) is 0 Å². The molecule has 6 heteroatoms. The fraction of sp³-hybridized carbons (Fsp3) is 0.417. The zero-order valence-corrected chi connectivity index (χ0v) is 10.5. The van der Waals surface area contributed by atoms with Crippen LogP contribution in [0.1, 0.15) is 18.4 Å². The Morgan fingerprint density at radius 2 is 2.17 bits per heavy atom. The normalized spacial score (nSPS) is 15.2. The van der Waals surface area contributed by atoms with Gasteiger partial charge in [-0.1, -0.05) is 0 Å². The summed E-state index contributed by atoms with van der Waals surface area (Å²) in [5.41, 5.74) is 1.66. The van der Waals surface area contributed by atoms with Crippen molar-refractivity contribution in [2.24, 2.45) is 0 Å². The van der Waals surface area contributed by atoms with E-state index >= 15 is 0 Å². The molecule has 1 aromatic rings. The number of alkyl halides is 1. The lowest BCUT2D eigenvalue weighted by atomic mass is 10.1. The molecular formula is C12H13ClN2O3. The molecule has 5 nitrogen and oxygen atoms in total. The third kappa shape index (κ3) is 2.46. The van der Waals surface area contributed by atoms with Crippen molar-refractivity contribution in [1.82, 2.24) is 0 Å². The first-order valence-corrected chi connectivity index (χ1v) is 6.30. The van der Waals surface area contributed by atoms with E-state index in [-0.39, 0.29) is 11.6 Å². The highest BCUT2D eigenvalue weighted by Crippen LogP contribution is 2.30. The van der Waals surface area contributed by atoms with Gasteiger partial charge >= 0.3 is 0 Å². The van der Waals surface area contributed by atoms with Gasteiger partial charge in [0, 0.05) is 36.7 Å². The molecule has 0 atom stereocenters. The Labute approximate surface area is 109 Å². The Morgan fingerprint density at radius 1 is 1.39 bits per heavy atom. The van der Waals surface area contributed by atoms with Crippen LogP contribution in [0.15, 0.2) is 18.2 Å². The van der Waals surface area contributed by atoms with Gasteiger partial charge in [-0.3, -0.25) is 14.9 Å². The third-order valence-electron chi connectivity index (χ3n) is 3.01. The van der Waals surface area contributed by atoms with Crippen molar-refractivity contribution < 1.29 is 9.72 Å². The molecule has 0 bridgehead atoms. The number of aryl methyl sites for hydroxylation is 1. The minimum absolute atomic E-state index is 0.0308. The fourth-order valence-electron chi connectivity index (χ4n) is 2.18. The van der Waals surface area contributed by atoms with Gasteiger partial charge in [-0.05, 0) is 24.5 Å². The number of nitrogens with zero attached hydrogens (tertiary/aromatic N) is 2. The van der Waals surface area contributed by atoms with Crippen LogP contribution in [-0.2, 0) is 11.2 Å². The lowest BCUT2D eigenvalue weighted by molar-refractivity contribution is -0.384. The van der Waals surface area contributed by atoms with Crippen LogP contribution >= 0.6 is 11.6 Å². The van der Waals surface area contributed by atoms with Gasteiger partial charge in [0.2, 0.25) is 5.91 Å². The van der Waals surface area contributed by atoms with E-state index in [1.165, 1.54) is 6.07 Å². The standard InChI is InChI=1S/C12H13ClN2O3/c13-6-7-14-11-5-4-10(15(17)18)8-9(11)2-1-3-12(14)16/h4-5,8H,1-3,6-7H2. The summed E-state index contributed by atoms with van der Waals surface area (Å²) >= 11 is 5.70. The smallest absolute Gasteiger partial charge is 0.269 e. The first-order chi connectivity index (χ1) is 8.63. The number of fused-ring (bicyclic) bond motifs is 1. The largest absolute Gasteiger partial charge is 0.311 e. The summed E-state index contributed by atoms with van der Waals surface area (Å²) in [6.07, 6.45) is 1.85. The van der Waals surface area contributed by atoms with Crippen LogP contribution in [0.2, 0.25) is 0 Å². The van der Waals surface area contributed by atoms with E-state index in [0.717, 1.165) is 11.3 Å². The van der Waals surface area contributed by atoms with E-state index in [9.17, 15) is 14.9 Å². The van der Waals surface area contributed by atoms with Gasteiger partial charge in [0.05, 0.1) is 4.92 Å². The van der Waals surface area contributed by atoms with Crippen molar-refractivity contribution >= 4 is 28.9 Å². The summed E-state index contributed by atoms with van der Waals surface area (Å²) in [6, 6.07) is 4.62. The van der Waals surface area contributed by atoms with Crippen molar-refractivity contribution in [3.8, 4) is 0 Å². The summed E-state index contributed by atoms with van der Waals surface area (Å²) in [7, 11) is 0. The van der Waals surface area contributed by atoms with Crippen LogP contribution in [-0.4, -0.2) is 23.3 Å². The quantitative estimate of drug-likeness (QED) is 0.481. The molecule has 96 valence electrons. The number of anilines is 1. The second-order valence-corrected chi connectivity index (χ2v) is 4.54. The van der Waals surface area contributed by atoms with Gasteiger partial charge in [-0.25, -0.2) is 0 Å². The molecule has 0 saturated heterocycles. The second-order valence-electron chi connectivity index (χ2n) is 4.16. The maximum Gasteiger partial charge on any atom is 0.269 e. The van der Waals surface area contributed by atoms with Crippen molar-refractivity contribution in [2.75, 3.05) is 17.3 Å². The number of rotatable bonds is 3. The molecule has 0 N–H and O–H groups in total. The van der Waals surface area contributed by atoms with Crippen molar-refractivity contribution in [3.05, 3.63) is 33.9 Å². The highest BCUT2D eigenvalue weighted by atomic mass is 35.5. The van der Waals surface area contributed by atoms with Crippen molar-refractivity contribution in [3.63, 3.8) is 0 Å². The van der Waals surface area contributed by atoms with Gasteiger partial charge in [0.15, 0.2) is 0 Å². The average Bonchev–Trinajstić information content (AvgIpc) is 2.49. The van der Waals surface area contributed by atoms with Crippen LogP contribution in [0.3, 0.4) is 0 Å². The minimum atomic E-state index is -0.418. The Bertz CT molecular complexity index is 490. The molecule has 18 heavy (non-hydrogen) atoms. The summed E-state index contributed by atoms with van der Waals surface area (Å²) in [6.45, 7) is 0.436. The van der Waals surface area contributed by atoms with E-state index in [1.807, 2.05) is 0 Å². The van der Waals surface area contributed by atoms with Crippen LogP contribution in [0.4, 0.5) is 11.4 Å². The summed E-state index contributed by atoms with van der Waals surface area (Å²) in [4.78, 5) is 23.9. The number of non-ortho nitro benzene ring substituents is 1. The number of nitro groups is 1. The van der Waals surface area contributed by atoms with Crippen LogP contribution < -0.4 is 4.90 Å². The molecule has 1 heterocycles. The van der Waals surface area contributed by atoms with E-state index in [4.69, 9.17) is 11.6 Å². The van der Waals surface area contributed by atoms with Crippen molar-refractivity contribution in [2.45, 2.75) is 19.3 Å². The van der Waals surface area contributed by atoms with E-state index < -0.39 is 4.92 Å². The lowest BCUT2D eigenvalue weighted by Gasteiger charge is -2.21. The van der Waals surface area contributed by atoms with Gasteiger partial charge in [0.25, 0.3) is 5.69 Å². The average molecular weight is 269 g/mol. The molecule has 0 aromatic heterocycles. The summed E-state index contributed by atoms with van der Waals surface area (Å²) < 4.78 is 0. The molecule has 0 fully saturated rings. The molecule has 2 rings (SSSR count). The summed E-state index contributed by atoms with van der Waals surface area (Å²) in [5.74, 6) is 0.380. The number of halogens is 1. The van der Waals surface area contributed by atoms with Crippen LogP contribution in [0.25, 0.3) is 0 Å². The maximum atomic E-state index is 11.9. The molecule has 1 aromatic carbocycles. The fourth-order valence-corrected chi connectivity index (χ4v) is 2.35. The maximum absolute atomic E-state index is 11.9. The summed E-state index contributed by atoms with van der Waals surface area (Å²) in [5, 5.41) is 10.7. The van der Waals surface area contributed by atoms with Gasteiger partial charge in [-0.15, -0.1) is 11.6 Å². The van der Waals surface area contributed by atoms with Crippen LogP contribution in [0.5, 0.6) is 0 Å². The Kier molecular flexibility index (Phi) is 3.81. The number of hydrogen-bond acceptors (Lipinski definition) is 3. The Balaban J connectivity index is 2.43. The molecular weight excluding hydrogens is 256 g/mol. The number of benzene rings is 1. The first kappa shape index (κ1) is 12.8. The zero-order chi connectivity index (χ0) is 13.1. The Morgan fingerprint density at radius 3 is 2.83 bits per heavy atom. The number of carbonyl (C=O) groups is 1. The number of hydrogen-bond donors (Lipinski definition) is 0. The number of nitro benzene ring substituents is 1. The molecule has 1 amide bonds. The van der Waals surface area contributed by atoms with Gasteiger partial charge < -0.3 is 4.90 Å². The molecule has 0 spiro atoms. The first-order valence-electron chi connectivity index (χ1n) is 5.77. The monoisotopic (exact) mass is 268 g/mol. The third-order valence-corrected chi connectivity index (χ3v) is 3.18. The molecule has 0 aliphatic carbocycles. The van der Waals surface area contributed by atoms with E-state index in [0.29, 0.717) is 31.7 Å². The molecule has 0 saturated carbocycles. The minimum Gasteiger partial charge on any atom is -0.311 e. The predicted octanol–water partition coefficient (Wildman–Crippen LogP) is 2.50. The van der Waals surface area contributed by atoms with E-state index in [1.54, 1.807) is 17.0 Å². The lowest BCUT2D eigenvalue weighted by Crippen LogP contribution is -2.31. The second kappa shape index (κ2) is 5.35. The topological polar surface area (TPSA) is 63.4 Å². The van der Waals surface area contributed by atoms with E-state index in [2.05, 4.69) is 0 Å². The zero-order valence-electron chi connectivity index (χ0n) is 9.76. The molecule has 1 aliphatic rings. The van der Waals surface area contributed by atoms with Crippen molar-refractivity contribution in [1.29, 1.82) is 0 Å². The van der Waals surface area contributed by atoms with Gasteiger partial charge in [-0.2, -0.15) is 0 Å². The number of carbonyl (C=O) groups excluding carboxylic acids is 1. The molecule has 0 unspecified atom stereocenters. The predicted molar refractivity (Wildman–Crippen MR) is 69.1 cm³/mol. The highest BCUT2D eigenvalue weighted by molar-refractivity contribution is 6.18. The SMILES string of the molecule is O=C1CCCc2cc([N+](=O)[O-])ccc2N1CCCl. The Hall–Kier alpha value is -1.62. The number of amides is 1. The van der Waals surface area contributed by atoms with Crippen LogP contribution in [0, 0.1) is 10.1 Å². The molecule has 0 radical (unpaired) electrons. The highest BCUT2D eigenvalue weighted by Gasteiger charge is 2.23.